The maximum Gasteiger partial charge on any atom is 0.252 e. The summed E-state index contributed by atoms with van der Waals surface area (Å²) in [5, 5.41) is 9.64. The molecule has 5 nitrogen and oxygen atoms in total. The largest absolute Gasteiger partial charge is 0.453 e. The number of nitrogens with zero attached hydrogens (tertiary/aromatic N) is 4. The third-order valence-corrected chi connectivity index (χ3v) is 28.5. The number of hydrogen-bond donors (Lipinski definition) is 0. The van der Waals surface area contributed by atoms with Crippen molar-refractivity contribution in [3.05, 3.63) is 330 Å². The summed E-state index contributed by atoms with van der Waals surface area (Å²) in [4.78, 5) is 5.41. The summed E-state index contributed by atoms with van der Waals surface area (Å²) in [6, 6.07) is 114. The van der Waals surface area contributed by atoms with Crippen LogP contribution in [0, 0.1) is 0 Å². The smallest absolute Gasteiger partial charge is 0.252 e. The van der Waals surface area contributed by atoms with Gasteiger partial charge in [-0.2, -0.15) is 0 Å². The van der Waals surface area contributed by atoms with Crippen molar-refractivity contribution in [2.24, 2.45) is 0 Å². The second kappa shape index (κ2) is 28.0. The Balaban J connectivity index is 0.942. The van der Waals surface area contributed by atoms with E-state index in [9.17, 15) is 0 Å². The molecule has 0 amide bonds. The molecule has 0 saturated carbocycles. The first-order valence-corrected chi connectivity index (χ1v) is 45.8. The van der Waals surface area contributed by atoms with Crippen molar-refractivity contribution in [3.8, 4) is 55.9 Å². The molecule has 2 aliphatic rings. The molecule has 0 atom stereocenters. The SMILES string of the molecule is CC(C)(C)c1cc(-c2cc3c4c(c2)N(c2cccc5c2oc2c(-c6cccc7sc8ccccc8c67)cccc25)c2cc(-n5c6ccc(C(C)(C)C)cc6c6cc(C(C)(C)C)ccc65)ccc2B4c2ccc(-n4c5ccc(C(C)(C)C)cc5c5cc(C(C)(C)C)ccc54)cc2N3c2c(-c3ccccc3)cc(C(C)(C)C)cc2-c2ccccc2)cc(C(C)(C)C)c1. The summed E-state index contributed by atoms with van der Waals surface area (Å²) in [5.74, 6) is 0. The standard InChI is InChI=1S/C118H111BN4OS/c1-112(2,3)74-45-53-96-90(62-74)91-63-75(113(4,5)6)46-54-97(91)120(96)81-49-51-94-101(68-81)122(100-42-31-41-86-85-40-30-39-84(110(85)124-111(86)100)83-38-32-44-106-107(83)87-37-28-29-43-105(87)125-106)103-59-73(72-57-78(116(13,14)15)61-79(58-72)117(16,17)18)60-104-108(103)119(94)95-52-50-82(121-98-55-47-76(114(7,8)9)64-92(98)93-65-77(115(10,11)12)48-56-99(93)121)69-102(95)123(104)109-88(70-33-24-22-25-34-70)66-80(118(19,20)21)67-89(109)71-35-26-23-27-36-71/h22-69H,1-21H3. The fourth-order valence-corrected chi connectivity index (χ4v) is 21.3. The molecule has 0 radical (unpaired) electrons. The van der Waals surface area contributed by atoms with E-state index in [1.807, 2.05) is 11.3 Å². The van der Waals surface area contributed by atoms with Gasteiger partial charge in [0.2, 0.25) is 0 Å². The highest BCUT2D eigenvalue weighted by molar-refractivity contribution is 7.26. The molecule has 0 unspecified atom stereocenters. The minimum Gasteiger partial charge on any atom is -0.453 e. The predicted octanol–water partition coefficient (Wildman–Crippen LogP) is 32.0. The summed E-state index contributed by atoms with van der Waals surface area (Å²) in [6.07, 6.45) is 0. The summed E-state index contributed by atoms with van der Waals surface area (Å²) in [6.45, 7) is 49.1. The van der Waals surface area contributed by atoms with Crippen LogP contribution in [-0.4, -0.2) is 15.8 Å². The highest BCUT2D eigenvalue weighted by Crippen LogP contribution is 2.56. The van der Waals surface area contributed by atoms with Crippen LogP contribution in [0.5, 0.6) is 0 Å². The van der Waals surface area contributed by atoms with Crippen molar-refractivity contribution in [2.75, 3.05) is 9.80 Å². The van der Waals surface area contributed by atoms with Gasteiger partial charge in [-0.05, 0) is 236 Å². The summed E-state index contributed by atoms with van der Waals surface area (Å²) in [7, 11) is 0. The molecule has 0 aliphatic carbocycles. The third-order valence-electron chi connectivity index (χ3n) is 27.4. The molecule has 0 N–H and O–H groups in total. The summed E-state index contributed by atoms with van der Waals surface area (Å²) in [5.41, 5.74) is 35.8. The fraction of sp³-hybridized carbons (Fsp3) is 0.237. The van der Waals surface area contributed by atoms with Crippen molar-refractivity contribution in [3.63, 3.8) is 0 Å². The van der Waals surface area contributed by atoms with E-state index >= 15 is 0 Å². The van der Waals surface area contributed by atoms with Crippen molar-refractivity contribution < 1.29 is 4.42 Å². The van der Waals surface area contributed by atoms with Gasteiger partial charge in [-0.25, -0.2) is 0 Å². The van der Waals surface area contributed by atoms with Gasteiger partial charge in [0, 0.05) is 103 Å². The molecule has 21 rings (SSSR count). The van der Waals surface area contributed by atoms with E-state index in [2.05, 4.69) is 456 Å². The lowest BCUT2D eigenvalue weighted by atomic mass is 9.33. The number of furan rings is 1. The monoisotopic (exact) mass is 1640 g/mol. The fourth-order valence-electron chi connectivity index (χ4n) is 20.2. The van der Waals surface area contributed by atoms with Crippen molar-refractivity contribution in [1.82, 2.24) is 9.13 Å². The van der Waals surface area contributed by atoms with E-state index < -0.39 is 0 Å². The molecule has 0 saturated heterocycles. The molecule has 7 heteroatoms. The van der Waals surface area contributed by atoms with Crippen molar-refractivity contribution >= 4 is 154 Å². The van der Waals surface area contributed by atoms with Crippen LogP contribution in [0.2, 0.25) is 0 Å². The second-order valence-electron chi connectivity index (χ2n) is 43.0. The number of rotatable bonds is 8. The molecule has 15 aromatic carbocycles. The lowest BCUT2D eigenvalue weighted by Gasteiger charge is -2.45. The molecule has 0 spiro atoms. The number of thiophene rings is 1. The van der Waals surface area contributed by atoms with Crippen molar-refractivity contribution in [2.45, 2.75) is 183 Å². The molecular weight excluding hydrogens is 1530 g/mol. The van der Waals surface area contributed by atoms with E-state index in [-0.39, 0.29) is 44.6 Å². The van der Waals surface area contributed by atoms with E-state index in [0.717, 1.165) is 112 Å². The third kappa shape index (κ3) is 13.0. The van der Waals surface area contributed by atoms with E-state index in [0.29, 0.717) is 0 Å². The highest BCUT2D eigenvalue weighted by Gasteiger charge is 2.47. The number of benzene rings is 15. The van der Waals surface area contributed by atoms with E-state index in [1.165, 1.54) is 119 Å². The molecule has 0 bridgehead atoms. The van der Waals surface area contributed by atoms with Gasteiger partial charge in [-0.1, -0.05) is 321 Å². The van der Waals surface area contributed by atoms with Crippen LogP contribution in [0.15, 0.2) is 296 Å². The van der Waals surface area contributed by atoms with E-state index in [1.54, 1.807) is 0 Å². The molecule has 19 aromatic rings. The van der Waals surface area contributed by atoms with Gasteiger partial charge in [0.05, 0.1) is 33.4 Å². The summed E-state index contributed by atoms with van der Waals surface area (Å²) >= 11 is 1.86. The van der Waals surface area contributed by atoms with Crippen molar-refractivity contribution in [1.29, 1.82) is 0 Å². The number of aromatic nitrogens is 2. The van der Waals surface area contributed by atoms with Crippen LogP contribution >= 0.6 is 11.3 Å². The maximum atomic E-state index is 8.02. The molecule has 618 valence electrons. The second-order valence-corrected chi connectivity index (χ2v) is 44.1. The van der Waals surface area contributed by atoms with Gasteiger partial charge >= 0.3 is 0 Å². The van der Waals surface area contributed by atoms with Crippen LogP contribution in [0.3, 0.4) is 0 Å². The Kier molecular flexibility index (Phi) is 17.9. The van der Waals surface area contributed by atoms with Crippen LogP contribution in [-0.2, 0) is 37.9 Å². The molecule has 4 aromatic heterocycles. The maximum absolute atomic E-state index is 8.02. The zero-order chi connectivity index (χ0) is 87.0. The average molecular weight is 1640 g/mol. The number of hydrogen-bond acceptors (Lipinski definition) is 4. The van der Waals surface area contributed by atoms with Gasteiger partial charge in [-0.15, -0.1) is 11.3 Å². The lowest BCUT2D eigenvalue weighted by Crippen LogP contribution is -2.61. The molecule has 6 heterocycles. The van der Waals surface area contributed by atoms with Crippen LogP contribution < -0.4 is 26.2 Å². The van der Waals surface area contributed by atoms with Gasteiger partial charge in [0.1, 0.15) is 5.58 Å². The first-order chi connectivity index (χ1) is 59.4. The van der Waals surface area contributed by atoms with Crippen LogP contribution in [0.25, 0.3) is 142 Å². The Morgan fingerprint density at radius 3 is 1.10 bits per heavy atom. The van der Waals surface area contributed by atoms with Gasteiger partial charge < -0.3 is 23.4 Å². The number of fused-ring (bicyclic) bond motifs is 16. The van der Waals surface area contributed by atoms with Gasteiger partial charge in [-0.3, -0.25) is 0 Å². The Morgan fingerprint density at radius 1 is 0.248 bits per heavy atom. The van der Waals surface area contributed by atoms with E-state index in [4.69, 9.17) is 4.42 Å². The topological polar surface area (TPSA) is 29.5 Å². The normalized spacial score (nSPS) is 13.6. The minimum atomic E-state index is -0.319. The van der Waals surface area contributed by atoms with Crippen LogP contribution in [0.4, 0.5) is 34.1 Å². The molecular formula is C118H111BN4OS. The predicted molar refractivity (Wildman–Crippen MR) is 542 cm³/mol. The number of anilines is 6. The minimum absolute atomic E-state index is 0.0835. The molecule has 0 fully saturated rings. The Bertz CT molecular complexity index is 7460. The Labute approximate surface area is 741 Å². The number of para-hydroxylation sites is 2. The highest BCUT2D eigenvalue weighted by atomic mass is 32.1. The zero-order valence-electron chi connectivity index (χ0n) is 76.4. The quantitative estimate of drug-likeness (QED) is 0.142. The molecule has 2 aliphatic heterocycles. The lowest BCUT2D eigenvalue weighted by molar-refractivity contribution is 0.569. The average Bonchev–Trinajstić information content (AvgIpc) is 1.68. The first kappa shape index (κ1) is 79.7. The zero-order valence-corrected chi connectivity index (χ0v) is 77.2. The van der Waals surface area contributed by atoms with Gasteiger partial charge in [0.15, 0.2) is 5.58 Å². The Hall–Kier alpha value is -12.4. The first-order valence-electron chi connectivity index (χ1n) is 45.0. The van der Waals surface area contributed by atoms with Gasteiger partial charge in [0.25, 0.3) is 6.71 Å². The van der Waals surface area contributed by atoms with Crippen LogP contribution in [0.1, 0.15) is 184 Å². The Morgan fingerprint density at radius 2 is 0.632 bits per heavy atom. The summed E-state index contributed by atoms with van der Waals surface area (Å²) < 4.78 is 15.7. The molecule has 125 heavy (non-hydrogen) atoms.